The summed E-state index contributed by atoms with van der Waals surface area (Å²) in [4.78, 5) is 29.8. The Morgan fingerprint density at radius 3 is 2.69 bits per heavy atom. The average molecular weight is 358 g/mol. The van der Waals surface area contributed by atoms with E-state index < -0.39 is 10.8 Å². The number of methoxy groups -OCH3 is 1. The van der Waals surface area contributed by atoms with Gasteiger partial charge in [-0.05, 0) is 37.0 Å². The summed E-state index contributed by atoms with van der Waals surface area (Å²) in [6.07, 6.45) is 2.66. The predicted octanol–water partition coefficient (Wildman–Crippen LogP) is 3.08. The monoisotopic (exact) mass is 358 g/mol. The highest BCUT2D eigenvalue weighted by atomic mass is 16.5. The van der Waals surface area contributed by atoms with Crippen LogP contribution in [0.5, 0.6) is 5.75 Å². The minimum Gasteiger partial charge on any atom is -0.497 e. The van der Waals surface area contributed by atoms with Gasteiger partial charge in [-0.3, -0.25) is 9.59 Å². The first-order valence-electron chi connectivity index (χ1n) is 9.47. The van der Waals surface area contributed by atoms with Crippen molar-refractivity contribution < 1.29 is 14.3 Å². The SMILES string of the molecule is COc1cccc(CN2CCC[C@@]3(CCN(C(=O)C(C)(C)C)C3)C2=O)c1. The maximum absolute atomic E-state index is 13.3. The molecule has 1 aromatic carbocycles. The molecule has 2 amide bonds. The topological polar surface area (TPSA) is 49.9 Å². The van der Waals surface area contributed by atoms with Crippen LogP contribution in [0.4, 0.5) is 0 Å². The molecule has 0 unspecified atom stereocenters. The molecule has 2 aliphatic heterocycles. The zero-order valence-corrected chi connectivity index (χ0v) is 16.4. The number of carbonyl (C=O) groups is 2. The van der Waals surface area contributed by atoms with Gasteiger partial charge in [-0.2, -0.15) is 0 Å². The van der Waals surface area contributed by atoms with E-state index in [0.29, 0.717) is 19.6 Å². The van der Waals surface area contributed by atoms with Crippen LogP contribution in [0.3, 0.4) is 0 Å². The van der Waals surface area contributed by atoms with Crippen LogP contribution in [-0.4, -0.2) is 48.4 Å². The van der Waals surface area contributed by atoms with Gasteiger partial charge in [0.05, 0.1) is 12.5 Å². The van der Waals surface area contributed by atoms with Crippen LogP contribution in [0.15, 0.2) is 24.3 Å². The average Bonchev–Trinajstić information content (AvgIpc) is 3.03. The van der Waals surface area contributed by atoms with Gasteiger partial charge in [0.25, 0.3) is 0 Å². The standard InChI is InChI=1S/C21H30N2O3/c1-20(2,3)18(24)23-12-10-21(15-23)9-6-11-22(19(21)25)14-16-7-5-8-17(13-16)26-4/h5,7-8,13H,6,9-12,14-15H2,1-4H3/t21-/m0/s1. The number of likely N-dealkylation sites (tertiary alicyclic amines) is 2. The minimum absolute atomic E-state index is 0.145. The maximum atomic E-state index is 13.3. The number of ether oxygens (including phenoxy) is 1. The van der Waals surface area contributed by atoms with Crippen LogP contribution >= 0.6 is 0 Å². The Morgan fingerprint density at radius 2 is 2.00 bits per heavy atom. The lowest BCUT2D eigenvalue weighted by molar-refractivity contribution is -0.147. The van der Waals surface area contributed by atoms with Crippen LogP contribution in [0, 0.1) is 10.8 Å². The lowest BCUT2D eigenvalue weighted by Crippen LogP contribution is -2.50. The molecular weight excluding hydrogens is 328 g/mol. The van der Waals surface area contributed by atoms with Crippen molar-refractivity contribution in [3.05, 3.63) is 29.8 Å². The van der Waals surface area contributed by atoms with Crippen molar-refractivity contribution in [3.8, 4) is 5.75 Å². The van der Waals surface area contributed by atoms with Crippen LogP contribution < -0.4 is 4.74 Å². The molecule has 2 aliphatic rings. The Morgan fingerprint density at radius 1 is 1.23 bits per heavy atom. The summed E-state index contributed by atoms with van der Waals surface area (Å²) >= 11 is 0. The summed E-state index contributed by atoms with van der Waals surface area (Å²) in [6.45, 7) is 8.47. The highest BCUT2D eigenvalue weighted by molar-refractivity contribution is 5.87. The lowest BCUT2D eigenvalue weighted by atomic mass is 9.78. The second-order valence-electron chi connectivity index (χ2n) is 8.69. The Bertz CT molecular complexity index is 695. The van der Waals surface area contributed by atoms with E-state index in [2.05, 4.69) is 0 Å². The van der Waals surface area contributed by atoms with Crippen molar-refractivity contribution in [2.24, 2.45) is 10.8 Å². The third-order valence-electron chi connectivity index (χ3n) is 5.61. The van der Waals surface area contributed by atoms with E-state index in [1.54, 1.807) is 7.11 Å². The third-order valence-corrected chi connectivity index (χ3v) is 5.61. The second-order valence-corrected chi connectivity index (χ2v) is 8.69. The number of rotatable bonds is 3. The molecule has 1 aromatic rings. The van der Waals surface area contributed by atoms with Gasteiger partial charge in [-0.1, -0.05) is 32.9 Å². The van der Waals surface area contributed by atoms with E-state index in [9.17, 15) is 9.59 Å². The molecule has 0 radical (unpaired) electrons. The van der Waals surface area contributed by atoms with Gasteiger partial charge in [-0.15, -0.1) is 0 Å². The van der Waals surface area contributed by atoms with Gasteiger partial charge in [-0.25, -0.2) is 0 Å². The van der Waals surface area contributed by atoms with E-state index >= 15 is 0 Å². The van der Waals surface area contributed by atoms with Crippen LogP contribution in [-0.2, 0) is 16.1 Å². The van der Waals surface area contributed by atoms with Crippen LogP contribution in [0.25, 0.3) is 0 Å². The lowest BCUT2D eigenvalue weighted by Gasteiger charge is -2.39. The molecule has 1 atom stereocenters. The van der Waals surface area contributed by atoms with Crippen LogP contribution in [0.2, 0.25) is 0 Å². The first-order chi connectivity index (χ1) is 12.2. The fourth-order valence-corrected chi connectivity index (χ4v) is 4.19. The van der Waals surface area contributed by atoms with Gasteiger partial charge in [0.1, 0.15) is 5.75 Å². The highest BCUT2D eigenvalue weighted by Gasteiger charge is 2.50. The molecule has 2 heterocycles. The molecule has 26 heavy (non-hydrogen) atoms. The van der Waals surface area contributed by atoms with E-state index in [1.165, 1.54) is 0 Å². The van der Waals surface area contributed by atoms with E-state index in [0.717, 1.165) is 37.1 Å². The molecular formula is C21H30N2O3. The molecule has 5 nitrogen and oxygen atoms in total. The van der Waals surface area contributed by atoms with Crippen molar-refractivity contribution in [2.45, 2.75) is 46.6 Å². The van der Waals surface area contributed by atoms with Crippen molar-refractivity contribution in [3.63, 3.8) is 0 Å². The summed E-state index contributed by atoms with van der Waals surface area (Å²) in [7, 11) is 1.65. The van der Waals surface area contributed by atoms with Crippen molar-refractivity contribution in [1.29, 1.82) is 0 Å². The fraction of sp³-hybridized carbons (Fsp3) is 0.619. The van der Waals surface area contributed by atoms with Gasteiger partial charge in [0, 0.05) is 31.6 Å². The number of carbonyl (C=O) groups excluding carboxylic acids is 2. The Kier molecular flexibility index (Phi) is 5.00. The first kappa shape index (κ1) is 18.7. The second kappa shape index (κ2) is 6.93. The first-order valence-corrected chi connectivity index (χ1v) is 9.47. The number of amides is 2. The highest BCUT2D eigenvalue weighted by Crippen LogP contribution is 2.41. The maximum Gasteiger partial charge on any atom is 0.230 e. The Labute approximate surface area is 156 Å². The Hall–Kier alpha value is -2.04. The Balaban J connectivity index is 1.73. The summed E-state index contributed by atoms with van der Waals surface area (Å²) in [5, 5.41) is 0. The summed E-state index contributed by atoms with van der Waals surface area (Å²) < 4.78 is 5.29. The summed E-state index contributed by atoms with van der Waals surface area (Å²) in [6, 6.07) is 7.88. The molecule has 5 heteroatoms. The zero-order chi connectivity index (χ0) is 18.9. The van der Waals surface area contributed by atoms with Gasteiger partial charge in [0.2, 0.25) is 11.8 Å². The third kappa shape index (κ3) is 3.57. The smallest absolute Gasteiger partial charge is 0.230 e. The quantitative estimate of drug-likeness (QED) is 0.834. The largest absolute Gasteiger partial charge is 0.497 e. The van der Waals surface area contributed by atoms with Gasteiger partial charge >= 0.3 is 0 Å². The number of benzene rings is 1. The fourth-order valence-electron chi connectivity index (χ4n) is 4.19. The minimum atomic E-state index is -0.399. The zero-order valence-electron chi connectivity index (χ0n) is 16.4. The van der Waals surface area contributed by atoms with Crippen LogP contribution in [0.1, 0.15) is 45.6 Å². The summed E-state index contributed by atoms with van der Waals surface area (Å²) in [5.74, 6) is 1.16. The van der Waals surface area contributed by atoms with Gasteiger partial charge in [0.15, 0.2) is 0 Å². The predicted molar refractivity (Wildman–Crippen MR) is 101 cm³/mol. The molecule has 0 N–H and O–H groups in total. The molecule has 0 aliphatic carbocycles. The molecule has 0 aromatic heterocycles. The van der Waals surface area contributed by atoms with E-state index in [-0.39, 0.29) is 11.8 Å². The summed E-state index contributed by atoms with van der Waals surface area (Å²) in [5.41, 5.74) is 0.289. The molecule has 3 rings (SSSR count). The normalized spacial score (nSPS) is 23.6. The molecule has 142 valence electrons. The van der Waals surface area contributed by atoms with Crippen molar-refractivity contribution in [2.75, 3.05) is 26.7 Å². The van der Waals surface area contributed by atoms with Gasteiger partial charge < -0.3 is 14.5 Å². The number of hydrogen-bond donors (Lipinski definition) is 0. The molecule has 0 saturated carbocycles. The molecule has 1 spiro atoms. The van der Waals surface area contributed by atoms with Crippen molar-refractivity contribution in [1.82, 2.24) is 9.80 Å². The number of nitrogens with zero attached hydrogens (tertiary/aromatic N) is 2. The molecule has 2 fully saturated rings. The number of hydrogen-bond acceptors (Lipinski definition) is 3. The molecule has 0 bridgehead atoms. The molecule has 2 saturated heterocycles. The number of piperidine rings is 1. The van der Waals surface area contributed by atoms with E-state index in [4.69, 9.17) is 4.74 Å². The van der Waals surface area contributed by atoms with Crippen molar-refractivity contribution >= 4 is 11.8 Å². The van der Waals surface area contributed by atoms with E-state index in [1.807, 2.05) is 54.8 Å².